The molecule has 0 fully saturated rings. The van der Waals surface area contributed by atoms with Gasteiger partial charge in [-0.1, -0.05) is 12.2 Å². The highest BCUT2D eigenvalue weighted by Crippen LogP contribution is 2.00. The van der Waals surface area contributed by atoms with Crippen LogP contribution in [0.4, 0.5) is 4.79 Å². The van der Waals surface area contributed by atoms with Crippen LogP contribution in [0.2, 0.25) is 0 Å². The monoisotopic (exact) mass is 194 g/mol. The maximum Gasteiger partial charge on any atom is 0.417 e. The molecule has 0 rings (SSSR count). The smallest absolute Gasteiger partial charge is 0.417 e. The SMILES string of the molecule is COC(=O)NSC(=S)N(C)C. The Balaban J connectivity index is 3.54. The van der Waals surface area contributed by atoms with E-state index < -0.39 is 6.09 Å². The molecule has 11 heavy (non-hydrogen) atoms. The zero-order valence-electron chi connectivity index (χ0n) is 6.58. The molecule has 0 aliphatic heterocycles. The summed E-state index contributed by atoms with van der Waals surface area (Å²) in [6.07, 6.45) is -0.501. The van der Waals surface area contributed by atoms with Crippen molar-refractivity contribution in [2.24, 2.45) is 0 Å². The number of rotatable bonds is 0. The molecule has 0 saturated carbocycles. The van der Waals surface area contributed by atoms with E-state index in [9.17, 15) is 4.79 Å². The van der Waals surface area contributed by atoms with E-state index in [4.69, 9.17) is 12.2 Å². The Kier molecular flexibility index (Phi) is 4.97. The van der Waals surface area contributed by atoms with Crippen LogP contribution < -0.4 is 4.72 Å². The van der Waals surface area contributed by atoms with Gasteiger partial charge < -0.3 is 9.64 Å². The zero-order valence-corrected chi connectivity index (χ0v) is 8.21. The first-order chi connectivity index (χ1) is 5.07. The van der Waals surface area contributed by atoms with Gasteiger partial charge in [0, 0.05) is 26.0 Å². The van der Waals surface area contributed by atoms with Gasteiger partial charge in [-0.15, -0.1) is 0 Å². The molecule has 0 unspecified atom stereocenters. The maximum atomic E-state index is 10.5. The summed E-state index contributed by atoms with van der Waals surface area (Å²) in [5.74, 6) is 0. The van der Waals surface area contributed by atoms with Gasteiger partial charge in [-0.2, -0.15) is 0 Å². The first-order valence-electron chi connectivity index (χ1n) is 2.80. The summed E-state index contributed by atoms with van der Waals surface area (Å²) in [6, 6.07) is 0. The van der Waals surface area contributed by atoms with Crippen molar-refractivity contribution in [1.82, 2.24) is 9.62 Å². The predicted molar refractivity (Wildman–Crippen MR) is 49.4 cm³/mol. The van der Waals surface area contributed by atoms with Gasteiger partial charge in [0.25, 0.3) is 0 Å². The number of carbonyl (C=O) groups is 1. The highest BCUT2D eigenvalue weighted by atomic mass is 32.2. The summed E-state index contributed by atoms with van der Waals surface area (Å²) in [4.78, 5) is 12.2. The fourth-order valence-corrected chi connectivity index (χ4v) is 0.780. The molecule has 6 heteroatoms. The molecule has 1 amide bonds. The van der Waals surface area contributed by atoms with Crippen LogP contribution in [-0.2, 0) is 4.74 Å². The van der Waals surface area contributed by atoms with Gasteiger partial charge in [-0.25, -0.2) is 4.79 Å². The van der Waals surface area contributed by atoms with Gasteiger partial charge in [-0.3, -0.25) is 4.72 Å². The first kappa shape index (κ1) is 10.5. The quantitative estimate of drug-likeness (QED) is 0.457. The lowest BCUT2D eigenvalue weighted by molar-refractivity contribution is 0.178. The number of methoxy groups -OCH3 is 1. The van der Waals surface area contributed by atoms with Crippen molar-refractivity contribution in [3.8, 4) is 0 Å². The van der Waals surface area contributed by atoms with E-state index in [0.717, 1.165) is 11.9 Å². The molecule has 0 aromatic heterocycles. The number of nitrogens with one attached hydrogen (secondary N) is 1. The third-order valence-electron chi connectivity index (χ3n) is 0.772. The Hall–Kier alpha value is -0.490. The molecule has 0 spiro atoms. The third kappa shape index (κ3) is 4.86. The first-order valence-corrected chi connectivity index (χ1v) is 4.02. The highest BCUT2D eigenvalue weighted by Gasteiger charge is 2.03. The minimum absolute atomic E-state index is 0.501. The standard InChI is InChI=1S/C5H10N2O2S2/c1-7(2)5(10)11-6-4(8)9-3/h1-3H3,(H,6,8). The van der Waals surface area contributed by atoms with E-state index in [2.05, 4.69) is 9.46 Å². The number of hydrogen-bond acceptors (Lipinski definition) is 4. The van der Waals surface area contributed by atoms with E-state index in [1.165, 1.54) is 7.11 Å². The summed E-state index contributed by atoms with van der Waals surface area (Å²) < 4.78 is 7.30. The maximum absolute atomic E-state index is 10.5. The minimum atomic E-state index is -0.501. The normalized spacial score (nSPS) is 8.64. The van der Waals surface area contributed by atoms with Gasteiger partial charge in [0.2, 0.25) is 0 Å². The molecule has 4 nitrogen and oxygen atoms in total. The number of hydrogen-bond donors (Lipinski definition) is 1. The number of nitrogens with zero attached hydrogens (tertiary/aromatic N) is 1. The molecule has 0 aliphatic carbocycles. The number of thiocarbonyl (C=S) groups is 1. The Labute approximate surface area is 75.4 Å². The zero-order chi connectivity index (χ0) is 8.85. The Morgan fingerprint density at radius 2 is 2.18 bits per heavy atom. The summed E-state index contributed by atoms with van der Waals surface area (Å²) >= 11 is 5.91. The van der Waals surface area contributed by atoms with Crippen molar-refractivity contribution in [2.75, 3.05) is 21.2 Å². The van der Waals surface area contributed by atoms with Crippen molar-refractivity contribution in [3.05, 3.63) is 0 Å². The molecule has 64 valence electrons. The molecule has 1 N–H and O–H groups in total. The van der Waals surface area contributed by atoms with E-state index in [-0.39, 0.29) is 0 Å². The van der Waals surface area contributed by atoms with E-state index >= 15 is 0 Å². The second-order valence-electron chi connectivity index (χ2n) is 1.86. The number of carbonyl (C=O) groups excluding carboxylic acids is 1. The van der Waals surface area contributed by atoms with Crippen LogP contribution in [0.25, 0.3) is 0 Å². The van der Waals surface area contributed by atoms with Gasteiger partial charge in [0.05, 0.1) is 7.11 Å². The molecular formula is C5H10N2O2S2. The lowest BCUT2D eigenvalue weighted by atomic mass is 11.0. The predicted octanol–water partition coefficient (Wildman–Crippen LogP) is 0.837. The minimum Gasteiger partial charge on any atom is -0.452 e. The second kappa shape index (κ2) is 5.20. The Bertz CT molecular complexity index is 161. The van der Waals surface area contributed by atoms with Crippen LogP contribution >= 0.6 is 24.2 Å². The van der Waals surface area contributed by atoms with E-state index in [1.807, 2.05) is 0 Å². The van der Waals surface area contributed by atoms with Gasteiger partial charge in [0.1, 0.15) is 0 Å². The molecule has 0 bridgehead atoms. The molecule has 0 aliphatic rings. The summed E-state index contributed by atoms with van der Waals surface area (Å²) in [5, 5.41) is 0. The molecule has 0 radical (unpaired) electrons. The van der Waals surface area contributed by atoms with Crippen molar-refractivity contribution in [3.63, 3.8) is 0 Å². The van der Waals surface area contributed by atoms with E-state index in [1.54, 1.807) is 19.0 Å². The summed E-state index contributed by atoms with van der Waals surface area (Å²) in [5.41, 5.74) is 0. The second-order valence-corrected chi connectivity index (χ2v) is 3.30. The number of amides is 1. The average molecular weight is 194 g/mol. The average Bonchev–Trinajstić information content (AvgIpc) is 1.99. The molecular weight excluding hydrogens is 184 g/mol. The number of ether oxygens (including phenoxy) is 1. The fraction of sp³-hybridized carbons (Fsp3) is 0.600. The van der Waals surface area contributed by atoms with Gasteiger partial charge in [0.15, 0.2) is 4.32 Å². The van der Waals surface area contributed by atoms with Crippen molar-refractivity contribution >= 4 is 34.6 Å². The van der Waals surface area contributed by atoms with Gasteiger partial charge in [-0.05, 0) is 0 Å². The van der Waals surface area contributed by atoms with Crippen LogP contribution in [0.1, 0.15) is 0 Å². The van der Waals surface area contributed by atoms with Crippen molar-refractivity contribution < 1.29 is 9.53 Å². The van der Waals surface area contributed by atoms with Crippen LogP contribution in [-0.4, -0.2) is 36.5 Å². The lowest BCUT2D eigenvalue weighted by Crippen LogP contribution is -2.23. The largest absolute Gasteiger partial charge is 0.452 e. The Morgan fingerprint density at radius 1 is 1.64 bits per heavy atom. The topological polar surface area (TPSA) is 41.6 Å². The van der Waals surface area contributed by atoms with E-state index in [0.29, 0.717) is 4.32 Å². The van der Waals surface area contributed by atoms with Crippen molar-refractivity contribution in [1.29, 1.82) is 0 Å². The summed E-state index contributed by atoms with van der Waals surface area (Å²) in [7, 11) is 4.90. The molecule has 0 saturated heterocycles. The molecule has 0 aromatic rings. The third-order valence-corrected chi connectivity index (χ3v) is 2.20. The van der Waals surface area contributed by atoms with Crippen LogP contribution in [0.15, 0.2) is 0 Å². The Morgan fingerprint density at radius 3 is 2.55 bits per heavy atom. The molecule has 0 aromatic carbocycles. The van der Waals surface area contributed by atoms with Crippen LogP contribution in [0.5, 0.6) is 0 Å². The molecule has 0 heterocycles. The lowest BCUT2D eigenvalue weighted by Gasteiger charge is -2.11. The fourth-order valence-electron chi connectivity index (χ4n) is 0.218. The van der Waals surface area contributed by atoms with Gasteiger partial charge >= 0.3 is 6.09 Å². The molecule has 0 atom stereocenters. The van der Waals surface area contributed by atoms with Crippen LogP contribution in [0.3, 0.4) is 0 Å². The van der Waals surface area contributed by atoms with Crippen LogP contribution in [0, 0.1) is 0 Å². The van der Waals surface area contributed by atoms with Crippen molar-refractivity contribution in [2.45, 2.75) is 0 Å². The highest BCUT2D eigenvalue weighted by molar-refractivity contribution is 8.21. The summed E-state index contributed by atoms with van der Waals surface area (Å²) in [6.45, 7) is 0.